The van der Waals surface area contributed by atoms with Crippen LogP contribution >= 0.6 is 11.6 Å². The molecule has 0 atom stereocenters. The number of rotatable bonds is 3. The lowest BCUT2D eigenvalue weighted by atomic mass is 10.3. The lowest BCUT2D eigenvalue weighted by molar-refractivity contribution is 0.306. The van der Waals surface area contributed by atoms with E-state index in [1.807, 2.05) is 13.2 Å². The van der Waals surface area contributed by atoms with Crippen LogP contribution in [0.15, 0.2) is 30.6 Å². The van der Waals surface area contributed by atoms with Gasteiger partial charge in [-0.25, -0.2) is 0 Å². The zero-order valence-electron chi connectivity index (χ0n) is 8.85. The minimum Gasteiger partial charge on any atom is -0.489 e. The zero-order valence-corrected chi connectivity index (χ0v) is 9.61. The highest BCUT2D eigenvalue weighted by Crippen LogP contribution is 2.24. The number of hydrogen-bond donors (Lipinski definition) is 1. The quantitative estimate of drug-likeness (QED) is 0.833. The van der Waals surface area contributed by atoms with E-state index in [0.29, 0.717) is 23.1 Å². The Morgan fingerprint density at radius 1 is 1.50 bits per heavy atom. The van der Waals surface area contributed by atoms with E-state index in [9.17, 15) is 0 Å². The van der Waals surface area contributed by atoms with Gasteiger partial charge >= 0.3 is 0 Å². The summed E-state index contributed by atoms with van der Waals surface area (Å²) in [6.07, 6.45) is 3.66. The number of anilines is 1. The highest BCUT2D eigenvalue weighted by Gasteiger charge is 2.01. The molecule has 2 N–H and O–H groups in total. The summed E-state index contributed by atoms with van der Waals surface area (Å²) in [4.78, 5) is 0. The first kappa shape index (κ1) is 10.8. The molecule has 84 valence electrons. The number of hydrogen-bond acceptors (Lipinski definition) is 3. The number of aryl methyl sites for hydroxylation is 1. The number of halogens is 1. The van der Waals surface area contributed by atoms with Crippen LogP contribution in [-0.4, -0.2) is 9.78 Å². The molecule has 0 unspecified atom stereocenters. The molecular formula is C11H12ClN3O. The van der Waals surface area contributed by atoms with Crippen LogP contribution in [0.5, 0.6) is 5.75 Å². The fraction of sp³-hybridized carbons (Fsp3) is 0.182. The van der Waals surface area contributed by atoms with Crippen LogP contribution in [0.3, 0.4) is 0 Å². The maximum atomic E-state index is 5.88. The van der Waals surface area contributed by atoms with E-state index >= 15 is 0 Å². The van der Waals surface area contributed by atoms with Gasteiger partial charge < -0.3 is 10.5 Å². The van der Waals surface area contributed by atoms with Crippen molar-refractivity contribution in [3.8, 4) is 5.75 Å². The smallest absolute Gasteiger partial charge is 0.121 e. The minimum absolute atomic E-state index is 0.466. The lowest BCUT2D eigenvalue weighted by Gasteiger charge is -2.05. The van der Waals surface area contributed by atoms with Crippen LogP contribution in [0.2, 0.25) is 5.02 Å². The summed E-state index contributed by atoms with van der Waals surface area (Å²) in [7, 11) is 1.86. The van der Waals surface area contributed by atoms with Crippen LogP contribution < -0.4 is 10.5 Å². The van der Waals surface area contributed by atoms with Crippen molar-refractivity contribution in [3.05, 3.63) is 41.2 Å². The van der Waals surface area contributed by atoms with Gasteiger partial charge in [0.05, 0.1) is 16.9 Å². The van der Waals surface area contributed by atoms with Crippen LogP contribution in [0, 0.1) is 0 Å². The van der Waals surface area contributed by atoms with Gasteiger partial charge in [0.25, 0.3) is 0 Å². The van der Waals surface area contributed by atoms with E-state index in [0.717, 1.165) is 5.56 Å². The first-order valence-corrected chi connectivity index (χ1v) is 5.18. The minimum atomic E-state index is 0.466. The molecule has 0 aliphatic carbocycles. The monoisotopic (exact) mass is 237 g/mol. The molecule has 1 heterocycles. The summed E-state index contributed by atoms with van der Waals surface area (Å²) < 4.78 is 7.28. The summed E-state index contributed by atoms with van der Waals surface area (Å²) in [5, 5.41) is 4.55. The SMILES string of the molecule is Cn1cc(COc2ccc(N)c(Cl)c2)cn1. The fourth-order valence-electron chi connectivity index (χ4n) is 1.31. The second kappa shape index (κ2) is 4.45. The van der Waals surface area contributed by atoms with Gasteiger partial charge in [0.2, 0.25) is 0 Å². The standard InChI is InChI=1S/C11H12ClN3O/c1-15-6-8(5-14-15)7-16-9-2-3-11(13)10(12)4-9/h2-6H,7,13H2,1H3. The van der Waals surface area contributed by atoms with Crippen LogP contribution in [0.25, 0.3) is 0 Å². The Labute approximate surface area is 98.6 Å². The Bertz CT molecular complexity index is 496. The second-order valence-corrected chi connectivity index (χ2v) is 3.90. The fourth-order valence-corrected chi connectivity index (χ4v) is 1.48. The predicted octanol–water partition coefficient (Wildman–Crippen LogP) is 2.23. The van der Waals surface area contributed by atoms with E-state index in [1.54, 1.807) is 29.1 Å². The topological polar surface area (TPSA) is 53.1 Å². The Hall–Kier alpha value is -1.68. The van der Waals surface area contributed by atoms with Gasteiger partial charge in [0.1, 0.15) is 12.4 Å². The normalized spacial score (nSPS) is 10.4. The molecule has 5 heteroatoms. The van der Waals surface area contributed by atoms with E-state index in [1.165, 1.54) is 0 Å². The molecule has 4 nitrogen and oxygen atoms in total. The molecule has 0 fully saturated rings. The maximum Gasteiger partial charge on any atom is 0.121 e. The molecule has 0 saturated heterocycles. The third-order valence-corrected chi connectivity index (χ3v) is 2.46. The van der Waals surface area contributed by atoms with Crippen LogP contribution in [-0.2, 0) is 13.7 Å². The average molecular weight is 238 g/mol. The van der Waals surface area contributed by atoms with E-state index in [4.69, 9.17) is 22.1 Å². The molecule has 0 amide bonds. The molecule has 0 radical (unpaired) electrons. The molecule has 2 aromatic rings. The molecule has 0 bridgehead atoms. The lowest BCUT2D eigenvalue weighted by Crippen LogP contribution is -1.95. The molecule has 16 heavy (non-hydrogen) atoms. The van der Waals surface area contributed by atoms with Crippen LogP contribution in [0.4, 0.5) is 5.69 Å². The van der Waals surface area contributed by atoms with Gasteiger partial charge in [-0.1, -0.05) is 11.6 Å². The second-order valence-electron chi connectivity index (χ2n) is 3.49. The number of ether oxygens (including phenoxy) is 1. The van der Waals surface area contributed by atoms with Gasteiger partial charge in [0.15, 0.2) is 0 Å². The van der Waals surface area contributed by atoms with E-state index in [2.05, 4.69) is 5.10 Å². The summed E-state index contributed by atoms with van der Waals surface area (Å²) in [5.41, 5.74) is 7.16. The Kier molecular flexibility index (Phi) is 3.01. The van der Waals surface area contributed by atoms with Gasteiger partial charge in [-0.2, -0.15) is 5.10 Å². The molecule has 2 rings (SSSR count). The van der Waals surface area contributed by atoms with Crippen molar-refractivity contribution in [1.29, 1.82) is 0 Å². The first-order chi connectivity index (χ1) is 7.65. The first-order valence-electron chi connectivity index (χ1n) is 4.80. The van der Waals surface area contributed by atoms with Crippen molar-refractivity contribution < 1.29 is 4.74 Å². The molecular weight excluding hydrogens is 226 g/mol. The van der Waals surface area contributed by atoms with E-state index in [-0.39, 0.29) is 0 Å². The molecule has 1 aromatic carbocycles. The van der Waals surface area contributed by atoms with Crippen molar-refractivity contribution in [3.63, 3.8) is 0 Å². The van der Waals surface area contributed by atoms with Crippen molar-refractivity contribution in [2.24, 2.45) is 7.05 Å². The predicted molar refractivity (Wildman–Crippen MR) is 63.4 cm³/mol. The van der Waals surface area contributed by atoms with Crippen molar-refractivity contribution in [2.75, 3.05) is 5.73 Å². The Morgan fingerprint density at radius 2 is 2.31 bits per heavy atom. The average Bonchev–Trinajstić information content (AvgIpc) is 2.66. The van der Waals surface area contributed by atoms with Gasteiger partial charge in [-0.3, -0.25) is 4.68 Å². The largest absolute Gasteiger partial charge is 0.489 e. The van der Waals surface area contributed by atoms with Gasteiger partial charge in [-0.05, 0) is 12.1 Å². The molecule has 1 aromatic heterocycles. The number of nitrogen functional groups attached to an aromatic ring is 1. The van der Waals surface area contributed by atoms with Crippen LogP contribution in [0.1, 0.15) is 5.56 Å². The number of nitrogens with zero attached hydrogens (tertiary/aromatic N) is 2. The molecule has 0 aliphatic heterocycles. The Balaban J connectivity index is 2.02. The zero-order chi connectivity index (χ0) is 11.5. The summed E-state index contributed by atoms with van der Waals surface area (Å²) in [6.45, 7) is 0.466. The highest BCUT2D eigenvalue weighted by molar-refractivity contribution is 6.33. The van der Waals surface area contributed by atoms with Gasteiger partial charge in [0, 0.05) is 24.9 Å². The van der Waals surface area contributed by atoms with Crippen molar-refractivity contribution in [2.45, 2.75) is 6.61 Å². The maximum absolute atomic E-state index is 5.88. The van der Waals surface area contributed by atoms with Crippen molar-refractivity contribution >= 4 is 17.3 Å². The summed E-state index contributed by atoms with van der Waals surface area (Å²) in [6, 6.07) is 5.21. The highest BCUT2D eigenvalue weighted by atomic mass is 35.5. The molecule has 0 spiro atoms. The number of nitrogens with two attached hydrogens (primary N) is 1. The van der Waals surface area contributed by atoms with E-state index < -0.39 is 0 Å². The van der Waals surface area contributed by atoms with Gasteiger partial charge in [-0.15, -0.1) is 0 Å². The summed E-state index contributed by atoms with van der Waals surface area (Å²) >= 11 is 5.88. The van der Waals surface area contributed by atoms with Crippen molar-refractivity contribution in [1.82, 2.24) is 9.78 Å². The molecule has 0 saturated carbocycles. The molecule has 0 aliphatic rings. The number of benzene rings is 1. The summed E-state index contributed by atoms with van der Waals surface area (Å²) in [5.74, 6) is 0.697. The number of aromatic nitrogens is 2. The third-order valence-electron chi connectivity index (χ3n) is 2.14. The third kappa shape index (κ3) is 2.46. The Morgan fingerprint density at radius 3 is 2.94 bits per heavy atom.